The Bertz CT molecular complexity index is 570. The monoisotopic (exact) mass is 301 g/mol. The first-order chi connectivity index (χ1) is 9.35. The molecule has 1 aliphatic heterocycles. The van der Waals surface area contributed by atoms with Crippen LogP contribution in [0.1, 0.15) is 12.8 Å². The lowest BCUT2D eigenvalue weighted by molar-refractivity contribution is -0.0689. The van der Waals surface area contributed by atoms with Crippen molar-refractivity contribution >= 4 is 15.8 Å². The van der Waals surface area contributed by atoms with Gasteiger partial charge in [0.25, 0.3) is 0 Å². The van der Waals surface area contributed by atoms with E-state index in [0.29, 0.717) is 26.1 Å². The smallest absolute Gasteiger partial charge is 0.246 e. The Morgan fingerprint density at radius 3 is 2.75 bits per heavy atom. The lowest BCUT2D eigenvalue weighted by atomic mass is 9.95. The molecular formula is C12H19N3O4S. The maximum absolute atomic E-state index is 12.4. The van der Waals surface area contributed by atoms with Crippen LogP contribution in [-0.4, -0.2) is 55.2 Å². The van der Waals surface area contributed by atoms with Gasteiger partial charge in [-0.3, -0.25) is 0 Å². The van der Waals surface area contributed by atoms with Crippen LogP contribution in [0.4, 0.5) is 5.82 Å². The third kappa shape index (κ3) is 3.09. The molecule has 1 aliphatic rings. The average molecular weight is 301 g/mol. The first kappa shape index (κ1) is 15.2. The van der Waals surface area contributed by atoms with Gasteiger partial charge in [-0.05, 0) is 12.1 Å². The second kappa shape index (κ2) is 5.65. The number of nitrogen functional groups attached to an aromatic ring is 1. The molecule has 0 bridgehead atoms. The number of likely N-dealkylation sites (N-methyl/N-ethyl adjacent to an activating group) is 1. The van der Waals surface area contributed by atoms with Crippen LogP contribution in [-0.2, 0) is 14.8 Å². The number of hydrogen-bond acceptors (Lipinski definition) is 6. The fourth-order valence-corrected chi connectivity index (χ4v) is 3.51. The van der Waals surface area contributed by atoms with Gasteiger partial charge in [0.05, 0.1) is 5.60 Å². The van der Waals surface area contributed by atoms with E-state index in [1.807, 2.05) is 0 Å². The van der Waals surface area contributed by atoms with Crippen molar-refractivity contribution in [2.24, 2.45) is 0 Å². The lowest BCUT2D eigenvalue weighted by Crippen LogP contribution is -2.47. The van der Waals surface area contributed by atoms with E-state index < -0.39 is 15.6 Å². The normalized spacial score (nSPS) is 19.1. The number of nitrogens with two attached hydrogens (primary N) is 1. The number of ether oxygens (including phenoxy) is 1. The first-order valence-corrected chi connectivity index (χ1v) is 7.76. The van der Waals surface area contributed by atoms with Crippen molar-refractivity contribution in [1.82, 2.24) is 9.29 Å². The minimum absolute atomic E-state index is 0.00697. The van der Waals surface area contributed by atoms with Crippen molar-refractivity contribution in [3.05, 3.63) is 18.3 Å². The van der Waals surface area contributed by atoms with Crippen molar-refractivity contribution in [1.29, 1.82) is 0 Å². The molecule has 1 fully saturated rings. The average Bonchev–Trinajstić information content (AvgIpc) is 2.39. The van der Waals surface area contributed by atoms with Gasteiger partial charge in [0.2, 0.25) is 10.0 Å². The van der Waals surface area contributed by atoms with Gasteiger partial charge >= 0.3 is 0 Å². The van der Waals surface area contributed by atoms with Gasteiger partial charge in [-0.2, -0.15) is 4.31 Å². The van der Waals surface area contributed by atoms with E-state index in [-0.39, 0.29) is 17.3 Å². The van der Waals surface area contributed by atoms with E-state index in [4.69, 9.17) is 10.5 Å². The van der Waals surface area contributed by atoms with Crippen molar-refractivity contribution < 1.29 is 18.3 Å². The molecule has 0 radical (unpaired) electrons. The number of anilines is 1. The molecule has 0 amide bonds. The van der Waals surface area contributed by atoms with Crippen LogP contribution in [0, 0.1) is 0 Å². The molecule has 0 aliphatic carbocycles. The van der Waals surface area contributed by atoms with Crippen molar-refractivity contribution in [3.63, 3.8) is 0 Å². The van der Waals surface area contributed by atoms with Crippen LogP contribution < -0.4 is 5.73 Å². The Balaban J connectivity index is 2.19. The first-order valence-electron chi connectivity index (χ1n) is 6.32. The number of rotatable bonds is 4. The fraction of sp³-hybridized carbons (Fsp3) is 0.583. The zero-order chi connectivity index (χ0) is 14.8. The maximum Gasteiger partial charge on any atom is 0.246 e. The number of nitrogens with zero attached hydrogens (tertiary/aromatic N) is 2. The standard InChI is InChI=1S/C12H19N3O4S/c1-15(9-12(16)4-7-19-8-5-12)20(17,18)10-3-2-6-14-11(10)13/h2-3,6,16H,4-5,7-9H2,1H3,(H2,13,14). The summed E-state index contributed by atoms with van der Waals surface area (Å²) in [5, 5.41) is 10.4. The zero-order valence-electron chi connectivity index (χ0n) is 11.3. The number of sulfonamides is 1. The highest BCUT2D eigenvalue weighted by molar-refractivity contribution is 7.89. The molecule has 0 unspecified atom stereocenters. The second-order valence-corrected chi connectivity index (χ2v) is 7.00. The van der Waals surface area contributed by atoms with Crippen LogP contribution in [0.25, 0.3) is 0 Å². The van der Waals surface area contributed by atoms with Gasteiger partial charge in [-0.15, -0.1) is 0 Å². The summed E-state index contributed by atoms with van der Waals surface area (Å²) in [6, 6.07) is 2.92. The van der Waals surface area contributed by atoms with E-state index >= 15 is 0 Å². The molecule has 1 aromatic rings. The molecule has 0 spiro atoms. The molecular weight excluding hydrogens is 282 g/mol. The highest BCUT2D eigenvalue weighted by Gasteiger charge is 2.35. The Kier molecular flexibility index (Phi) is 4.28. The third-order valence-electron chi connectivity index (χ3n) is 3.43. The molecule has 3 N–H and O–H groups in total. The van der Waals surface area contributed by atoms with Gasteiger partial charge in [-0.1, -0.05) is 0 Å². The largest absolute Gasteiger partial charge is 0.388 e. The minimum atomic E-state index is -3.76. The summed E-state index contributed by atoms with van der Waals surface area (Å²) in [7, 11) is -2.34. The Morgan fingerprint density at radius 1 is 1.50 bits per heavy atom. The van der Waals surface area contributed by atoms with Crippen LogP contribution in [0.3, 0.4) is 0 Å². The molecule has 1 saturated heterocycles. The Hall–Kier alpha value is -1.22. The molecule has 0 atom stereocenters. The van der Waals surface area contributed by atoms with E-state index in [9.17, 15) is 13.5 Å². The third-order valence-corrected chi connectivity index (χ3v) is 5.28. The number of aliphatic hydroxyl groups is 1. The second-order valence-electron chi connectivity index (χ2n) is 4.98. The van der Waals surface area contributed by atoms with Crippen LogP contribution >= 0.6 is 0 Å². The molecule has 8 heteroatoms. The summed E-state index contributed by atoms with van der Waals surface area (Å²) in [5.41, 5.74) is 4.55. The van der Waals surface area contributed by atoms with Gasteiger partial charge in [0.15, 0.2) is 0 Å². The number of aromatic nitrogens is 1. The molecule has 2 rings (SSSR count). The maximum atomic E-state index is 12.4. The highest BCUT2D eigenvalue weighted by Crippen LogP contribution is 2.25. The summed E-state index contributed by atoms with van der Waals surface area (Å²) in [4.78, 5) is 3.74. The molecule has 0 saturated carbocycles. The molecule has 2 heterocycles. The van der Waals surface area contributed by atoms with Gasteiger partial charge < -0.3 is 15.6 Å². The van der Waals surface area contributed by atoms with E-state index in [0.717, 1.165) is 4.31 Å². The molecule has 7 nitrogen and oxygen atoms in total. The van der Waals surface area contributed by atoms with Crippen molar-refractivity contribution in [2.75, 3.05) is 32.5 Å². The quantitative estimate of drug-likeness (QED) is 0.799. The Labute approximate surface area is 118 Å². The molecule has 112 valence electrons. The highest BCUT2D eigenvalue weighted by atomic mass is 32.2. The fourth-order valence-electron chi connectivity index (χ4n) is 2.20. The molecule has 0 aromatic carbocycles. The van der Waals surface area contributed by atoms with Crippen LogP contribution in [0.2, 0.25) is 0 Å². The lowest BCUT2D eigenvalue weighted by Gasteiger charge is -2.35. The number of hydrogen-bond donors (Lipinski definition) is 2. The predicted octanol–water partition coefficient (Wildman–Crippen LogP) is -0.174. The summed E-state index contributed by atoms with van der Waals surface area (Å²) in [5.74, 6) is -0.0432. The minimum Gasteiger partial charge on any atom is -0.388 e. The van der Waals surface area contributed by atoms with Crippen molar-refractivity contribution in [3.8, 4) is 0 Å². The van der Waals surface area contributed by atoms with Crippen LogP contribution in [0.15, 0.2) is 23.2 Å². The van der Waals surface area contributed by atoms with Gasteiger partial charge in [0.1, 0.15) is 10.7 Å². The summed E-state index contributed by atoms with van der Waals surface area (Å²) >= 11 is 0. The summed E-state index contributed by atoms with van der Waals surface area (Å²) in [6.45, 7) is 0.867. The van der Waals surface area contributed by atoms with E-state index in [1.165, 1.54) is 25.4 Å². The van der Waals surface area contributed by atoms with E-state index in [1.54, 1.807) is 0 Å². The number of pyridine rings is 1. The topological polar surface area (TPSA) is 106 Å². The molecule has 1 aromatic heterocycles. The van der Waals surface area contributed by atoms with Crippen molar-refractivity contribution in [2.45, 2.75) is 23.3 Å². The van der Waals surface area contributed by atoms with Gasteiger partial charge in [-0.25, -0.2) is 13.4 Å². The Morgan fingerprint density at radius 2 is 2.15 bits per heavy atom. The SMILES string of the molecule is CN(CC1(O)CCOCC1)S(=O)(=O)c1cccnc1N. The van der Waals surface area contributed by atoms with Gasteiger partial charge in [0, 0.05) is 45.8 Å². The predicted molar refractivity (Wildman–Crippen MR) is 73.5 cm³/mol. The molecule has 20 heavy (non-hydrogen) atoms. The summed E-state index contributed by atoms with van der Waals surface area (Å²) in [6.07, 6.45) is 2.26. The van der Waals surface area contributed by atoms with Crippen LogP contribution in [0.5, 0.6) is 0 Å². The summed E-state index contributed by atoms with van der Waals surface area (Å²) < 4.78 is 31.2. The zero-order valence-corrected chi connectivity index (χ0v) is 12.1. The van der Waals surface area contributed by atoms with E-state index in [2.05, 4.69) is 4.98 Å².